The summed E-state index contributed by atoms with van der Waals surface area (Å²) in [5.74, 6) is -0.0709. The second kappa shape index (κ2) is 5.51. The Kier molecular flexibility index (Phi) is 4.30. The molecule has 1 amide bonds. The fourth-order valence-electron chi connectivity index (χ4n) is 1.39. The van der Waals surface area contributed by atoms with E-state index in [1.165, 1.54) is 12.3 Å². The molecule has 0 radical (unpaired) electrons. The van der Waals surface area contributed by atoms with Crippen LogP contribution in [0.15, 0.2) is 12.3 Å². The minimum absolute atomic E-state index is 0.00134. The molecule has 6 heteroatoms. The van der Waals surface area contributed by atoms with Crippen LogP contribution in [-0.4, -0.2) is 23.5 Å². The van der Waals surface area contributed by atoms with Crippen molar-refractivity contribution in [3.63, 3.8) is 0 Å². The monoisotopic (exact) mass is 252 g/mol. The first-order chi connectivity index (χ1) is 7.97. The lowest BCUT2D eigenvalue weighted by atomic mass is 10.2. The van der Waals surface area contributed by atoms with Crippen LogP contribution in [0.2, 0.25) is 5.02 Å². The van der Waals surface area contributed by atoms with Crippen molar-refractivity contribution in [2.45, 2.75) is 19.9 Å². The van der Waals surface area contributed by atoms with Gasteiger partial charge in [0.2, 0.25) is 5.91 Å². The SMILES string of the molecule is CC(C)N(CC(N)=O)c1nccc(C#N)c1Cl. The number of pyridine rings is 1. The van der Waals surface area contributed by atoms with Crippen molar-refractivity contribution in [1.29, 1.82) is 5.26 Å². The maximum Gasteiger partial charge on any atom is 0.237 e. The molecule has 0 fully saturated rings. The van der Waals surface area contributed by atoms with E-state index >= 15 is 0 Å². The van der Waals surface area contributed by atoms with Gasteiger partial charge in [-0.15, -0.1) is 0 Å². The first kappa shape index (κ1) is 13.3. The average Bonchev–Trinajstić information content (AvgIpc) is 2.26. The van der Waals surface area contributed by atoms with Crippen molar-refractivity contribution in [1.82, 2.24) is 4.98 Å². The zero-order valence-corrected chi connectivity index (χ0v) is 10.4. The van der Waals surface area contributed by atoms with Crippen LogP contribution in [0.5, 0.6) is 0 Å². The molecule has 0 spiro atoms. The van der Waals surface area contributed by atoms with Crippen LogP contribution in [0.4, 0.5) is 5.82 Å². The molecule has 0 aliphatic rings. The van der Waals surface area contributed by atoms with Gasteiger partial charge < -0.3 is 10.6 Å². The van der Waals surface area contributed by atoms with Gasteiger partial charge in [-0.2, -0.15) is 5.26 Å². The molecule has 0 bridgehead atoms. The highest BCUT2D eigenvalue weighted by molar-refractivity contribution is 6.34. The minimum atomic E-state index is -0.473. The summed E-state index contributed by atoms with van der Waals surface area (Å²) < 4.78 is 0. The largest absolute Gasteiger partial charge is 0.368 e. The van der Waals surface area contributed by atoms with E-state index in [0.29, 0.717) is 11.4 Å². The van der Waals surface area contributed by atoms with Crippen molar-refractivity contribution in [3.8, 4) is 6.07 Å². The molecule has 1 aromatic rings. The molecule has 1 aromatic heterocycles. The molecule has 0 aromatic carbocycles. The predicted molar refractivity (Wildman–Crippen MR) is 65.6 cm³/mol. The quantitative estimate of drug-likeness (QED) is 0.876. The number of halogens is 1. The number of anilines is 1. The minimum Gasteiger partial charge on any atom is -0.368 e. The second-order valence-electron chi connectivity index (χ2n) is 3.80. The summed E-state index contributed by atoms with van der Waals surface area (Å²) in [7, 11) is 0. The van der Waals surface area contributed by atoms with Crippen LogP contribution in [0, 0.1) is 11.3 Å². The Morgan fingerprint density at radius 1 is 1.71 bits per heavy atom. The molecule has 0 saturated heterocycles. The van der Waals surface area contributed by atoms with Crippen molar-refractivity contribution in [2.24, 2.45) is 5.73 Å². The third-order valence-corrected chi connectivity index (χ3v) is 2.59. The Morgan fingerprint density at radius 3 is 2.82 bits per heavy atom. The summed E-state index contributed by atoms with van der Waals surface area (Å²) in [6.45, 7) is 3.79. The third-order valence-electron chi connectivity index (χ3n) is 2.21. The Morgan fingerprint density at radius 2 is 2.35 bits per heavy atom. The summed E-state index contributed by atoms with van der Waals surface area (Å²) >= 11 is 6.05. The number of nitrogens with two attached hydrogens (primary N) is 1. The Balaban J connectivity index is 3.20. The summed E-state index contributed by atoms with van der Waals surface area (Å²) in [5, 5.41) is 9.11. The first-order valence-electron chi connectivity index (χ1n) is 5.07. The highest BCUT2D eigenvalue weighted by atomic mass is 35.5. The van der Waals surface area contributed by atoms with Gasteiger partial charge >= 0.3 is 0 Å². The lowest BCUT2D eigenvalue weighted by molar-refractivity contribution is -0.116. The van der Waals surface area contributed by atoms with E-state index < -0.39 is 5.91 Å². The van der Waals surface area contributed by atoms with Crippen LogP contribution in [0.3, 0.4) is 0 Å². The third kappa shape index (κ3) is 3.08. The number of hydrogen-bond acceptors (Lipinski definition) is 4. The van der Waals surface area contributed by atoms with Gasteiger partial charge in [-0.1, -0.05) is 11.6 Å². The van der Waals surface area contributed by atoms with Gasteiger partial charge in [-0.05, 0) is 19.9 Å². The molecule has 2 N–H and O–H groups in total. The zero-order valence-electron chi connectivity index (χ0n) is 9.64. The molecule has 0 unspecified atom stereocenters. The van der Waals surface area contributed by atoms with Crippen LogP contribution in [0.25, 0.3) is 0 Å². The van der Waals surface area contributed by atoms with E-state index in [-0.39, 0.29) is 17.6 Å². The zero-order chi connectivity index (χ0) is 13.0. The van der Waals surface area contributed by atoms with Gasteiger partial charge in [0.05, 0.1) is 12.1 Å². The summed E-state index contributed by atoms with van der Waals surface area (Å²) in [6, 6.07) is 3.49. The number of carbonyl (C=O) groups is 1. The summed E-state index contributed by atoms with van der Waals surface area (Å²) in [6.07, 6.45) is 1.48. The Bertz CT molecular complexity index is 467. The number of hydrogen-bond donors (Lipinski definition) is 1. The highest BCUT2D eigenvalue weighted by Crippen LogP contribution is 2.27. The van der Waals surface area contributed by atoms with Crippen LogP contribution >= 0.6 is 11.6 Å². The number of primary amides is 1. The molecule has 0 aliphatic carbocycles. The van der Waals surface area contributed by atoms with Gasteiger partial charge in [0.1, 0.15) is 16.9 Å². The lowest BCUT2D eigenvalue weighted by Crippen LogP contribution is -2.39. The number of carbonyl (C=O) groups excluding carboxylic acids is 1. The Hall–Kier alpha value is -1.80. The van der Waals surface area contributed by atoms with Gasteiger partial charge in [-0.3, -0.25) is 4.79 Å². The summed E-state index contributed by atoms with van der Waals surface area (Å²) in [5.41, 5.74) is 5.50. The van der Waals surface area contributed by atoms with E-state index in [0.717, 1.165) is 0 Å². The predicted octanol–water partition coefficient (Wildman–Crippen LogP) is 1.31. The van der Waals surface area contributed by atoms with Crippen molar-refractivity contribution >= 4 is 23.3 Å². The second-order valence-corrected chi connectivity index (χ2v) is 4.17. The first-order valence-corrected chi connectivity index (χ1v) is 5.44. The molecule has 5 nitrogen and oxygen atoms in total. The number of aromatic nitrogens is 1. The van der Waals surface area contributed by atoms with E-state index in [9.17, 15) is 4.79 Å². The van der Waals surface area contributed by atoms with Crippen LogP contribution in [0.1, 0.15) is 19.4 Å². The van der Waals surface area contributed by atoms with Crippen molar-refractivity contribution in [2.75, 3.05) is 11.4 Å². The van der Waals surface area contributed by atoms with Gasteiger partial charge in [0.15, 0.2) is 0 Å². The van der Waals surface area contributed by atoms with Gasteiger partial charge in [0.25, 0.3) is 0 Å². The molecule has 0 aliphatic heterocycles. The molecule has 1 rings (SSSR count). The normalized spacial score (nSPS) is 10.1. The molecule has 0 saturated carbocycles. The molecule has 1 heterocycles. The van der Waals surface area contributed by atoms with Crippen molar-refractivity contribution in [3.05, 3.63) is 22.8 Å². The molecule has 0 atom stereocenters. The topological polar surface area (TPSA) is 83.0 Å². The molecular weight excluding hydrogens is 240 g/mol. The standard InChI is InChI=1S/C11H13ClN4O/c1-7(2)16(6-9(14)17)11-10(12)8(5-13)3-4-15-11/h3-4,7H,6H2,1-2H3,(H2,14,17). The molecular formula is C11H13ClN4O. The smallest absolute Gasteiger partial charge is 0.237 e. The maximum atomic E-state index is 11.0. The van der Waals surface area contributed by atoms with Gasteiger partial charge in [-0.25, -0.2) is 4.98 Å². The van der Waals surface area contributed by atoms with Crippen LogP contribution < -0.4 is 10.6 Å². The van der Waals surface area contributed by atoms with E-state index in [2.05, 4.69) is 4.98 Å². The highest BCUT2D eigenvalue weighted by Gasteiger charge is 2.19. The number of amides is 1. The molecule has 90 valence electrons. The lowest BCUT2D eigenvalue weighted by Gasteiger charge is -2.27. The maximum absolute atomic E-state index is 11.0. The summed E-state index contributed by atoms with van der Waals surface area (Å²) in [4.78, 5) is 16.8. The fraction of sp³-hybridized carbons (Fsp3) is 0.364. The van der Waals surface area contributed by atoms with Gasteiger partial charge in [0, 0.05) is 12.2 Å². The van der Waals surface area contributed by atoms with Crippen molar-refractivity contribution < 1.29 is 4.79 Å². The molecule has 17 heavy (non-hydrogen) atoms. The average molecular weight is 253 g/mol. The number of nitrogens with zero attached hydrogens (tertiary/aromatic N) is 3. The van der Waals surface area contributed by atoms with E-state index in [4.69, 9.17) is 22.6 Å². The van der Waals surface area contributed by atoms with Crippen LogP contribution in [-0.2, 0) is 4.79 Å². The Labute approximate surface area is 105 Å². The van der Waals surface area contributed by atoms with E-state index in [1.807, 2.05) is 19.9 Å². The van der Waals surface area contributed by atoms with E-state index in [1.54, 1.807) is 4.90 Å². The fourth-order valence-corrected chi connectivity index (χ4v) is 1.65. The number of rotatable bonds is 4. The number of nitriles is 1.